The van der Waals surface area contributed by atoms with Crippen molar-refractivity contribution in [3.63, 3.8) is 0 Å². The van der Waals surface area contributed by atoms with Gasteiger partial charge in [0.2, 0.25) is 0 Å². The van der Waals surface area contributed by atoms with Gasteiger partial charge in [0.25, 0.3) is 5.91 Å². The van der Waals surface area contributed by atoms with Crippen molar-refractivity contribution in [2.24, 2.45) is 0 Å². The molecular weight excluding hydrogens is 442 g/mol. The summed E-state index contributed by atoms with van der Waals surface area (Å²) in [5.41, 5.74) is 2.48. The van der Waals surface area contributed by atoms with E-state index in [1.807, 2.05) is 37.4 Å². The molecule has 1 aromatic carbocycles. The van der Waals surface area contributed by atoms with E-state index < -0.39 is 0 Å². The molecule has 0 atom stereocenters. The lowest BCUT2D eigenvalue weighted by Gasteiger charge is -2.34. The number of nitrogens with one attached hydrogen (secondary N) is 1. The molecule has 0 radical (unpaired) electrons. The summed E-state index contributed by atoms with van der Waals surface area (Å²) < 4.78 is 11.6. The number of piperazine rings is 1. The number of rotatable bonds is 10. The van der Waals surface area contributed by atoms with Gasteiger partial charge in [-0.3, -0.25) is 9.78 Å². The summed E-state index contributed by atoms with van der Waals surface area (Å²) in [6, 6.07) is 13.1. The van der Waals surface area contributed by atoms with Crippen molar-refractivity contribution in [2.45, 2.75) is 27.0 Å². The molecule has 1 N–H and O–H groups in total. The molecule has 35 heavy (non-hydrogen) atoms. The van der Waals surface area contributed by atoms with Crippen LogP contribution in [0.25, 0.3) is 0 Å². The van der Waals surface area contributed by atoms with Gasteiger partial charge in [0.05, 0.1) is 6.61 Å². The van der Waals surface area contributed by atoms with Gasteiger partial charge in [0.15, 0.2) is 11.5 Å². The number of carbonyl (C=O) groups excluding carboxylic acids is 1. The fourth-order valence-corrected chi connectivity index (χ4v) is 3.96. The Hall–Kier alpha value is -3.65. The second-order valence-corrected chi connectivity index (χ2v) is 8.37. The largest absolute Gasteiger partial charge is 0.490 e. The Balaban J connectivity index is 1.33. The molecule has 0 bridgehead atoms. The molecule has 0 spiro atoms. The molecule has 3 heterocycles. The van der Waals surface area contributed by atoms with Gasteiger partial charge in [-0.2, -0.15) is 0 Å². The molecule has 8 heteroatoms. The zero-order chi connectivity index (χ0) is 24.5. The van der Waals surface area contributed by atoms with Crippen molar-refractivity contribution < 1.29 is 14.3 Å². The Morgan fingerprint density at radius 1 is 0.943 bits per heavy atom. The molecule has 1 saturated heterocycles. The topological polar surface area (TPSA) is 79.8 Å². The Morgan fingerprint density at radius 3 is 2.43 bits per heavy atom. The van der Waals surface area contributed by atoms with Crippen LogP contribution in [0.15, 0.2) is 61.1 Å². The van der Waals surface area contributed by atoms with E-state index in [0.717, 1.165) is 49.7 Å². The molecule has 0 unspecified atom stereocenters. The molecule has 1 fully saturated rings. The zero-order valence-electron chi connectivity index (χ0n) is 20.4. The van der Waals surface area contributed by atoms with E-state index in [1.54, 1.807) is 30.6 Å². The van der Waals surface area contributed by atoms with E-state index >= 15 is 0 Å². The van der Waals surface area contributed by atoms with E-state index in [0.29, 0.717) is 36.8 Å². The van der Waals surface area contributed by atoms with Crippen LogP contribution in [0, 0.1) is 0 Å². The van der Waals surface area contributed by atoms with Gasteiger partial charge in [-0.25, -0.2) is 4.98 Å². The molecule has 1 aliphatic rings. The number of likely N-dealkylation sites (N-methyl/N-ethyl adjacent to an activating group) is 1. The Labute approximate surface area is 206 Å². The molecule has 184 valence electrons. The lowest BCUT2D eigenvalue weighted by atomic mass is 10.1. The number of carbonyl (C=O) groups is 1. The SMILES string of the molecule is CCOc1cc(C(=O)NCc2ccc(N3CCN(CC)CC3)nc2)ccc1OCc1ccncc1. The summed E-state index contributed by atoms with van der Waals surface area (Å²) in [4.78, 5) is 26.2. The maximum atomic E-state index is 12.8. The van der Waals surface area contributed by atoms with Crippen LogP contribution in [0.2, 0.25) is 0 Å². The summed E-state index contributed by atoms with van der Waals surface area (Å²) in [7, 11) is 0. The number of hydrogen-bond acceptors (Lipinski definition) is 7. The van der Waals surface area contributed by atoms with Crippen LogP contribution in [-0.2, 0) is 13.2 Å². The van der Waals surface area contributed by atoms with Crippen LogP contribution in [0.5, 0.6) is 11.5 Å². The Bertz CT molecular complexity index is 1080. The van der Waals surface area contributed by atoms with Gasteiger partial charge in [0.1, 0.15) is 12.4 Å². The normalized spacial score (nSPS) is 13.9. The molecule has 1 aliphatic heterocycles. The number of ether oxygens (including phenoxy) is 2. The molecule has 4 rings (SSSR count). The van der Waals surface area contributed by atoms with E-state index in [2.05, 4.69) is 32.0 Å². The van der Waals surface area contributed by atoms with Crippen molar-refractivity contribution in [1.82, 2.24) is 20.2 Å². The monoisotopic (exact) mass is 475 g/mol. The summed E-state index contributed by atoms with van der Waals surface area (Å²) >= 11 is 0. The molecule has 1 amide bonds. The van der Waals surface area contributed by atoms with Gasteiger partial charge < -0.3 is 24.6 Å². The Kier molecular flexibility index (Phi) is 8.51. The fourth-order valence-electron chi connectivity index (χ4n) is 3.96. The number of amides is 1. The fraction of sp³-hybridized carbons (Fsp3) is 0.370. The first-order valence-corrected chi connectivity index (χ1v) is 12.1. The van der Waals surface area contributed by atoms with Crippen LogP contribution in [0.3, 0.4) is 0 Å². The highest BCUT2D eigenvalue weighted by Gasteiger charge is 2.17. The number of aromatic nitrogens is 2. The zero-order valence-corrected chi connectivity index (χ0v) is 20.4. The lowest BCUT2D eigenvalue weighted by molar-refractivity contribution is 0.0950. The molecule has 8 nitrogen and oxygen atoms in total. The highest BCUT2D eigenvalue weighted by Crippen LogP contribution is 2.29. The maximum Gasteiger partial charge on any atom is 0.251 e. The lowest BCUT2D eigenvalue weighted by Crippen LogP contribution is -2.46. The predicted octanol–water partition coefficient (Wildman–Crippen LogP) is 3.53. The van der Waals surface area contributed by atoms with E-state index in [9.17, 15) is 4.79 Å². The summed E-state index contributed by atoms with van der Waals surface area (Å²) in [5, 5.41) is 2.97. The minimum absolute atomic E-state index is 0.175. The first-order chi connectivity index (χ1) is 17.2. The summed E-state index contributed by atoms with van der Waals surface area (Å²) in [6.07, 6.45) is 5.29. The van der Waals surface area contributed by atoms with Crippen molar-refractivity contribution in [2.75, 3.05) is 44.2 Å². The Morgan fingerprint density at radius 2 is 1.74 bits per heavy atom. The molecule has 0 saturated carbocycles. The molecule has 0 aliphatic carbocycles. The molecule has 2 aromatic heterocycles. The van der Waals surface area contributed by atoms with Crippen LogP contribution in [0.4, 0.5) is 5.82 Å². The number of benzene rings is 1. The predicted molar refractivity (Wildman–Crippen MR) is 136 cm³/mol. The smallest absolute Gasteiger partial charge is 0.251 e. The van der Waals surface area contributed by atoms with E-state index in [-0.39, 0.29) is 5.91 Å². The highest BCUT2D eigenvalue weighted by molar-refractivity contribution is 5.94. The first-order valence-electron chi connectivity index (χ1n) is 12.1. The van der Waals surface area contributed by atoms with Crippen LogP contribution >= 0.6 is 0 Å². The first kappa shape index (κ1) is 24.5. The standard InChI is InChI=1S/C27H33N5O3/c1-3-31-13-15-32(16-14-31)26-8-5-22(18-29-26)19-30-27(33)23-6-7-24(25(17-23)34-4-2)35-20-21-9-11-28-12-10-21/h5-12,17-18H,3-4,13-16,19-20H2,1-2H3,(H,30,33). The third kappa shape index (κ3) is 6.70. The quantitative estimate of drug-likeness (QED) is 0.481. The van der Waals surface area contributed by atoms with Gasteiger partial charge in [0, 0.05) is 56.9 Å². The van der Waals surface area contributed by atoms with Gasteiger partial charge >= 0.3 is 0 Å². The minimum atomic E-state index is -0.175. The van der Waals surface area contributed by atoms with Crippen molar-refractivity contribution in [3.05, 3.63) is 77.7 Å². The van der Waals surface area contributed by atoms with Crippen LogP contribution < -0.4 is 19.7 Å². The van der Waals surface area contributed by atoms with Crippen molar-refractivity contribution in [3.8, 4) is 11.5 Å². The second kappa shape index (κ2) is 12.2. The number of anilines is 1. The number of hydrogen-bond donors (Lipinski definition) is 1. The second-order valence-electron chi connectivity index (χ2n) is 8.37. The van der Waals surface area contributed by atoms with Gasteiger partial charge in [-0.05, 0) is 61.0 Å². The summed E-state index contributed by atoms with van der Waals surface area (Å²) in [6.45, 7) is 10.6. The van der Waals surface area contributed by atoms with Gasteiger partial charge in [-0.15, -0.1) is 0 Å². The van der Waals surface area contributed by atoms with E-state index in [1.165, 1.54) is 0 Å². The highest BCUT2D eigenvalue weighted by atomic mass is 16.5. The summed E-state index contributed by atoms with van der Waals surface area (Å²) in [5.74, 6) is 1.95. The average Bonchev–Trinajstić information content (AvgIpc) is 2.92. The van der Waals surface area contributed by atoms with Crippen LogP contribution in [0.1, 0.15) is 35.3 Å². The third-order valence-electron chi connectivity index (χ3n) is 6.06. The van der Waals surface area contributed by atoms with Crippen LogP contribution in [-0.4, -0.2) is 60.1 Å². The third-order valence-corrected chi connectivity index (χ3v) is 6.06. The van der Waals surface area contributed by atoms with Gasteiger partial charge in [-0.1, -0.05) is 13.0 Å². The average molecular weight is 476 g/mol. The van der Waals surface area contributed by atoms with E-state index in [4.69, 9.17) is 9.47 Å². The molecular formula is C27H33N5O3. The maximum absolute atomic E-state index is 12.8. The van der Waals surface area contributed by atoms with Crippen molar-refractivity contribution >= 4 is 11.7 Å². The number of pyridine rings is 2. The molecule has 3 aromatic rings. The van der Waals surface area contributed by atoms with Crippen molar-refractivity contribution in [1.29, 1.82) is 0 Å². The number of nitrogens with zero attached hydrogens (tertiary/aromatic N) is 4. The minimum Gasteiger partial charge on any atom is -0.490 e.